The summed E-state index contributed by atoms with van der Waals surface area (Å²) in [6.45, 7) is 7.75. The van der Waals surface area contributed by atoms with Crippen LogP contribution in [0, 0.1) is 19.8 Å². The molecule has 3 aromatic rings. The predicted molar refractivity (Wildman–Crippen MR) is 116 cm³/mol. The Morgan fingerprint density at radius 1 is 0.897 bits per heavy atom. The molecule has 6 nitrogen and oxygen atoms in total. The van der Waals surface area contributed by atoms with Gasteiger partial charge in [0, 0.05) is 11.1 Å². The van der Waals surface area contributed by atoms with E-state index in [2.05, 4.69) is 20.8 Å². The Morgan fingerprint density at radius 3 is 2.07 bits per heavy atom. The minimum atomic E-state index is -0.685. The van der Waals surface area contributed by atoms with Crippen LogP contribution >= 0.6 is 11.3 Å². The van der Waals surface area contributed by atoms with Crippen molar-refractivity contribution in [1.82, 2.24) is 15.5 Å². The van der Waals surface area contributed by atoms with Crippen LogP contribution in [-0.4, -0.2) is 28.1 Å². The number of aromatic nitrogens is 2. The molecule has 29 heavy (non-hydrogen) atoms. The fourth-order valence-corrected chi connectivity index (χ4v) is 3.49. The minimum Gasteiger partial charge on any atom is -0.340 e. The Morgan fingerprint density at radius 2 is 1.48 bits per heavy atom. The number of nitrogens with one attached hydrogen (secondary N) is 2. The van der Waals surface area contributed by atoms with E-state index in [-0.39, 0.29) is 17.7 Å². The number of hydrogen-bond acceptors (Lipinski definition) is 5. The van der Waals surface area contributed by atoms with Gasteiger partial charge in [-0.25, -0.2) is 0 Å². The fourth-order valence-electron chi connectivity index (χ4n) is 2.73. The van der Waals surface area contributed by atoms with E-state index in [1.165, 1.54) is 11.3 Å². The molecule has 3 rings (SSSR count). The number of nitrogens with zero attached hydrogens (tertiary/aromatic N) is 2. The summed E-state index contributed by atoms with van der Waals surface area (Å²) in [5, 5.41) is 15.0. The highest BCUT2D eigenvalue weighted by atomic mass is 32.1. The van der Waals surface area contributed by atoms with Crippen LogP contribution in [0.15, 0.2) is 48.5 Å². The van der Waals surface area contributed by atoms with Crippen molar-refractivity contribution >= 4 is 28.3 Å². The van der Waals surface area contributed by atoms with Gasteiger partial charge in [0.1, 0.15) is 11.0 Å². The monoisotopic (exact) mass is 408 g/mol. The van der Waals surface area contributed by atoms with Gasteiger partial charge in [0.2, 0.25) is 11.0 Å². The number of amides is 2. The van der Waals surface area contributed by atoms with Crippen molar-refractivity contribution in [2.75, 3.05) is 5.32 Å². The molecule has 0 radical (unpaired) electrons. The van der Waals surface area contributed by atoms with Crippen LogP contribution in [0.2, 0.25) is 0 Å². The Kier molecular flexibility index (Phi) is 6.39. The van der Waals surface area contributed by atoms with Crippen LogP contribution in [0.3, 0.4) is 0 Å². The lowest BCUT2D eigenvalue weighted by Crippen LogP contribution is -2.47. The van der Waals surface area contributed by atoms with Gasteiger partial charge in [-0.3, -0.25) is 14.9 Å². The van der Waals surface area contributed by atoms with E-state index in [0.29, 0.717) is 10.7 Å². The van der Waals surface area contributed by atoms with Crippen molar-refractivity contribution in [3.05, 3.63) is 65.2 Å². The molecule has 0 unspecified atom stereocenters. The highest BCUT2D eigenvalue weighted by molar-refractivity contribution is 7.18. The molecule has 1 aromatic heterocycles. The number of carbonyl (C=O) groups excluding carboxylic acids is 2. The van der Waals surface area contributed by atoms with Gasteiger partial charge in [-0.2, -0.15) is 0 Å². The lowest BCUT2D eigenvalue weighted by Gasteiger charge is -2.21. The molecule has 1 atom stereocenters. The second-order valence-electron chi connectivity index (χ2n) is 7.33. The molecule has 0 fully saturated rings. The molecule has 0 aliphatic rings. The summed E-state index contributed by atoms with van der Waals surface area (Å²) in [7, 11) is 0. The van der Waals surface area contributed by atoms with E-state index in [9.17, 15) is 9.59 Å². The van der Waals surface area contributed by atoms with E-state index in [4.69, 9.17) is 0 Å². The van der Waals surface area contributed by atoms with Crippen LogP contribution in [0.25, 0.3) is 10.6 Å². The fraction of sp³-hybridized carbons (Fsp3) is 0.273. The standard InChI is InChI=1S/C22H24N4O2S/c1-13(2)18(23-19(27)16-9-5-14(3)6-10-16)20(28)24-22-26-25-21(29-22)17-11-7-15(4)8-12-17/h5-13,18H,1-4H3,(H,23,27)(H,24,26,28)/t18-/m1/s1. The van der Waals surface area contributed by atoms with Crippen molar-refractivity contribution in [2.45, 2.75) is 33.7 Å². The second-order valence-corrected chi connectivity index (χ2v) is 8.31. The first-order valence-electron chi connectivity index (χ1n) is 9.42. The third-order valence-electron chi connectivity index (χ3n) is 4.50. The first-order valence-corrected chi connectivity index (χ1v) is 10.2. The molecule has 0 saturated carbocycles. The maximum Gasteiger partial charge on any atom is 0.251 e. The van der Waals surface area contributed by atoms with Crippen molar-refractivity contribution in [3.63, 3.8) is 0 Å². The SMILES string of the molecule is Cc1ccc(C(=O)N[C@@H](C(=O)Nc2nnc(-c3ccc(C)cc3)s2)C(C)C)cc1. The summed E-state index contributed by atoms with van der Waals surface area (Å²) in [4.78, 5) is 25.3. The molecule has 0 aliphatic carbocycles. The van der Waals surface area contributed by atoms with Crippen LogP contribution in [0.5, 0.6) is 0 Å². The molecule has 7 heteroatoms. The molecule has 0 bridgehead atoms. The van der Waals surface area contributed by atoms with E-state index in [0.717, 1.165) is 21.7 Å². The number of aryl methyl sites for hydroxylation is 2. The Hall–Kier alpha value is -3.06. The lowest BCUT2D eigenvalue weighted by molar-refractivity contribution is -0.118. The van der Waals surface area contributed by atoms with Gasteiger partial charge in [0.25, 0.3) is 5.91 Å². The van der Waals surface area contributed by atoms with E-state index >= 15 is 0 Å². The quantitative estimate of drug-likeness (QED) is 0.640. The zero-order valence-electron chi connectivity index (χ0n) is 16.9. The smallest absolute Gasteiger partial charge is 0.251 e. The summed E-state index contributed by atoms with van der Waals surface area (Å²) >= 11 is 1.30. The van der Waals surface area contributed by atoms with Gasteiger partial charge in [0.05, 0.1) is 0 Å². The molecule has 0 saturated heterocycles. The number of hydrogen-bond donors (Lipinski definition) is 2. The predicted octanol–water partition coefficient (Wildman–Crippen LogP) is 4.22. The van der Waals surface area contributed by atoms with Crippen molar-refractivity contribution in [1.29, 1.82) is 0 Å². The molecule has 2 N–H and O–H groups in total. The van der Waals surface area contributed by atoms with Gasteiger partial charge in [-0.1, -0.05) is 72.7 Å². The van der Waals surface area contributed by atoms with Crippen LogP contribution in [-0.2, 0) is 4.79 Å². The summed E-state index contributed by atoms with van der Waals surface area (Å²) < 4.78 is 0. The molecule has 2 aromatic carbocycles. The van der Waals surface area contributed by atoms with Crippen molar-refractivity contribution in [2.24, 2.45) is 5.92 Å². The summed E-state index contributed by atoms with van der Waals surface area (Å²) in [6, 6.07) is 14.5. The van der Waals surface area contributed by atoms with Gasteiger partial charge < -0.3 is 5.32 Å². The van der Waals surface area contributed by atoms with Crippen LogP contribution in [0.4, 0.5) is 5.13 Å². The molecule has 1 heterocycles. The zero-order chi connectivity index (χ0) is 21.0. The third-order valence-corrected chi connectivity index (χ3v) is 5.39. The Balaban J connectivity index is 1.69. The topological polar surface area (TPSA) is 84.0 Å². The third kappa shape index (κ3) is 5.26. The van der Waals surface area contributed by atoms with Crippen LogP contribution < -0.4 is 10.6 Å². The Labute approximate surface area is 174 Å². The number of rotatable bonds is 6. The molecule has 0 spiro atoms. The van der Waals surface area contributed by atoms with E-state index in [1.54, 1.807) is 12.1 Å². The molecular weight excluding hydrogens is 384 g/mol. The number of anilines is 1. The average Bonchev–Trinajstić information content (AvgIpc) is 3.15. The minimum absolute atomic E-state index is 0.0890. The summed E-state index contributed by atoms with van der Waals surface area (Å²) in [5.74, 6) is -0.683. The van der Waals surface area contributed by atoms with E-state index < -0.39 is 6.04 Å². The van der Waals surface area contributed by atoms with Gasteiger partial charge in [-0.15, -0.1) is 10.2 Å². The average molecular weight is 409 g/mol. The molecule has 2 amide bonds. The van der Waals surface area contributed by atoms with Crippen molar-refractivity contribution in [3.8, 4) is 10.6 Å². The summed E-state index contributed by atoms with van der Waals surface area (Å²) in [5.41, 5.74) is 3.70. The maximum absolute atomic E-state index is 12.8. The van der Waals surface area contributed by atoms with Gasteiger partial charge in [0.15, 0.2) is 0 Å². The zero-order valence-corrected chi connectivity index (χ0v) is 17.7. The first kappa shape index (κ1) is 20.7. The van der Waals surface area contributed by atoms with Crippen molar-refractivity contribution < 1.29 is 9.59 Å². The van der Waals surface area contributed by atoms with Gasteiger partial charge in [-0.05, 0) is 31.9 Å². The molecule has 0 aliphatic heterocycles. The first-order chi connectivity index (χ1) is 13.8. The molecular formula is C22H24N4O2S. The molecule has 150 valence electrons. The largest absolute Gasteiger partial charge is 0.340 e. The second kappa shape index (κ2) is 8.96. The van der Waals surface area contributed by atoms with Gasteiger partial charge >= 0.3 is 0 Å². The number of carbonyl (C=O) groups is 2. The Bertz CT molecular complexity index is 994. The highest BCUT2D eigenvalue weighted by Gasteiger charge is 2.25. The maximum atomic E-state index is 12.8. The number of benzene rings is 2. The van der Waals surface area contributed by atoms with E-state index in [1.807, 2.05) is 64.1 Å². The lowest BCUT2D eigenvalue weighted by atomic mass is 10.0. The van der Waals surface area contributed by atoms with Crippen LogP contribution in [0.1, 0.15) is 35.3 Å². The normalized spacial score (nSPS) is 11.9. The highest BCUT2D eigenvalue weighted by Crippen LogP contribution is 2.26. The summed E-state index contributed by atoms with van der Waals surface area (Å²) in [6.07, 6.45) is 0.